The molecule has 0 unspecified atom stereocenters. The van der Waals surface area contributed by atoms with Crippen LogP contribution >= 0.6 is 11.3 Å². The zero-order chi connectivity index (χ0) is 24.0. The molecule has 5 nitrogen and oxygen atoms in total. The van der Waals surface area contributed by atoms with Crippen molar-refractivity contribution in [1.29, 1.82) is 0 Å². The zero-order valence-corrected chi connectivity index (χ0v) is 21.9. The van der Waals surface area contributed by atoms with Crippen molar-refractivity contribution in [3.8, 4) is 11.3 Å². The first-order valence-electron chi connectivity index (χ1n) is 12.4. The fourth-order valence-electron chi connectivity index (χ4n) is 4.34. The van der Waals surface area contributed by atoms with E-state index in [-0.39, 0.29) is 0 Å². The third kappa shape index (κ3) is 5.88. The first-order valence-corrected chi connectivity index (χ1v) is 14.7. The quantitative estimate of drug-likeness (QED) is 0.333. The molecular weight excluding hydrogens is 462 g/mol. The Labute approximate surface area is 207 Å². The summed E-state index contributed by atoms with van der Waals surface area (Å²) in [5.74, 6) is 0. The van der Waals surface area contributed by atoms with Crippen LogP contribution in [0.2, 0.25) is 0 Å². The molecule has 0 N–H and O–H groups in total. The molecule has 182 valence electrons. The summed E-state index contributed by atoms with van der Waals surface area (Å²) in [7, 11) is -3.44. The molecule has 2 heterocycles. The van der Waals surface area contributed by atoms with Crippen LogP contribution in [0, 0.1) is 6.92 Å². The molecular formula is C27H35N3O2S2. The highest BCUT2D eigenvalue weighted by Crippen LogP contribution is 2.26. The normalized spacial score (nSPS) is 16.0. The maximum absolute atomic E-state index is 13.2. The summed E-state index contributed by atoms with van der Waals surface area (Å²) < 4.78 is 30.3. The van der Waals surface area contributed by atoms with Crippen molar-refractivity contribution in [2.45, 2.75) is 70.2 Å². The molecule has 0 saturated carbocycles. The SMILES string of the molecule is CCCCCn1c(-c2ccc(S(=O)(=O)N3CCCCCC3)cc2)csc1=Nc1ccc(C)cc1. The van der Waals surface area contributed by atoms with Crippen molar-refractivity contribution < 1.29 is 8.42 Å². The molecule has 1 aliphatic heterocycles. The highest BCUT2D eigenvalue weighted by molar-refractivity contribution is 7.89. The third-order valence-electron chi connectivity index (χ3n) is 6.39. The van der Waals surface area contributed by atoms with Crippen molar-refractivity contribution in [3.63, 3.8) is 0 Å². The Kier molecular flexibility index (Phi) is 8.40. The molecule has 0 bridgehead atoms. The molecule has 7 heteroatoms. The molecule has 2 aromatic carbocycles. The largest absolute Gasteiger partial charge is 0.316 e. The lowest BCUT2D eigenvalue weighted by Gasteiger charge is -2.20. The summed E-state index contributed by atoms with van der Waals surface area (Å²) in [5.41, 5.74) is 4.28. The van der Waals surface area contributed by atoms with E-state index in [2.05, 4.69) is 35.9 Å². The Morgan fingerprint density at radius 3 is 2.24 bits per heavy atom. The number of aromatic nitrogens is 1. The van der Waals surface area contributed by atoms with Crippen LogP contribution in [0.15, 0.2) is 63.8 Å². The second-order valence-corrected chi connectivity index (χ2v) is 11.8. The number of hydrogen-bond donors (Lipinski definition) is 0. The van der Waals surface area contributed by atoms with E-state index in [0.29, 0.717) is 18.0 Å². The van der Waals surface area contributed by atoms with Gasteiger partial charge in [-0.05, 0) is 56.0 Å². The Hall–Kier alpha value is -2.22. The van der Waals surface area contributed by atoms with E-state index in [4.69, 9.17) is 4.99 Å². The van der Waals surface area contributed by atoms with Crippen LogP contribution in [0.1, 0.15) is 57.4 Å². The number of aryl methyl sites for hydroxylation is 1. The predicted molar refractivity (Wildman–Crippen MR) is 141 cm³/mol. The minimum Gasteiger partial charge on any atom is -0.316 e. The van der Waals surface area contributed by atoms with Crippen LogP contribution in [-0.2, 0) is 16.6 Å². The number of nitrogens with zero attached hydrogens (tertiary/aromatic N) is 3. The van der Waals surface area contributed by atoms with Gasteiger partial charge in [-0.15, -0.1) is 11.3 Å². The first-order chi connectivity index (χ1) is 16.5. The minimum atomic E-state index is -3.44. The van der Waals surface area contributed by atoms with Crippen LogP contribution in [0.25, 0.3) is 11.3 Å². The highest BCUT2D eigenvalue weighted by Gasteiger charge is 2.25. The van der Waals surface area contributed by atoms with E-state index in [9.17, 15) is 8.42 Å². The van der Waals surface area contributed by atoms with Gasteiger partial charge in [0.2, 0.25) is 10.0 Å². The van der Waals surface area contributed by atoms with Gasteiger partial charge in [-0.25, -0.2) is 13.4 Å². The first kappa shape index (κ1) is 24.9. The van der Waals surface area contributed by atoms with Crippen LogP contribution in [-0.4, -0.2) is 30.4 Å². The second-order valence-electron chi connectivity index (χ2n) is 9.05. The molecule has 0 radical (unpaired) electrons. The van der Waals surface area contributed by atoms with Gasteiger partial charge in [-0.3, -0.25) is 0 Å². The summed E-state index contributed by atoms with van der Waals surface area (Å²) in [6.07, 6.45) is 7.51. The van der Waals surface area contributed by atoms with E-state index in [1.165, 1.54) is 12.0 Å². The fourth-order valence-corrected chi connectivity index (χ4v) is 6.82. The second kappa shape index (κ2) is 11.5. The van der Waals surface area contributed by atoms with Crippen LogP contribution < -0.4 is 4.80 Å². The third-order valence-corrected chi connectivity index (χ3v) is 9.17. The van der Waals surface area contributed by atoms with Gasteiger partial charge in [0.1, 0.15) is 0 Å². The number of sulfonamides is 1. The van der Waals surface area contributed by atoms with Crippen molar-refractivity contribution in [2.24, 2.45) is 4.99 Å². The van der Waals surface area contributed by atoms with E-state index < -0.39 is 10.0 Å². The van der Waals surface area contributed by atoms with Gasteiger partial charge in [-0.2, -0.15) is 4.31 Å². The van der Waals surface area contributed by atoms with Gasteiger partial charge >= 0.3 is 0 Å². The maximum atomic E-state index is 13.2. The number of hydrogen-bond acceptors (Lipinski definition) is 4. The highest BCUT2D eigenvalue weighted by atomic mass is 32.2. The predicted octanol–water partition coefficient (Wildman–Crippen LogP) is 6.51. The minimum absolute atomic E-state index is 0.385. The lowest BCUT2D eigenvalue weighted by atomic mass is 10.1. The molecule has 0 spiro atoms. The van der Waals surface area contributed by atoms with E-state index >= 15 is 0 Å². The molecule has 0 aliphatic carbocycles. The van der Waals surface area contributed by atoms with Crippen LogP contribution in [0.5, 0.6) is 0 Å². The Morgan fingerprint density at radius 2 is 1.59 bits per heavy atom. The summed E-state index contributed by atoms with van der Waals surface area (Å²) in [5, 5.41) is 2.14. The van der Waals surface area contributed by atoms with Crippen molar-refractivity contribution in [1.82, 2.24) is 8.87 Å². The van der Waals surface area contributed by atoms with E-state index in [1.54, 1.807) is 27.8 Å². The summed E-state index contributed by atoms with van der Waals surface area (Å²) in [6.45, 7) is 6.42. The van der Waals surface area contributed by atoms with E-state index in [1.807, 2.05) is 24.3 Å². The molecule has 4 rings (SSSR count). The van der Waals surface area contributed by atoms with Crippen LogP contribution in [0.3, 0.4) is 0 Å². The maximum Gasteiger partial charge on any atom is 0.243 e. The average Bonchev–Trinajstić information content (AvgIpc) is 3.04. The number of rotatable bonds is 8. The van der Waals surface area contributed by atoms with Crippen LogP contribution in [0.4, 0.5) is 5.69 Å². The number of benzene rings is 2. The average molecular weight is 498 g/mol. The van der Waals surface area contributed by atoms with Crippen molar-refractivity contribution >= 4 is 27.0 Å². The van der Waals surface area contributed by atoms with Gasteiger partial charge in [0.25, 0.3) is 0 Å². The summed E-state index contributed by atoms with van der Waals surface area (Å²) in [4.78, 5) is 6.27. The summed E-state index contributed by atoms with van der Waals surface area (Å²) >= 11 is 1.63. The number of unbranched alkanes of at least 4 members (excludes halogenated alkanes) is 2. The molecule has 1 aromatic heterocycles. The Bertz CT molecular complexity index is 1230. The Morgan fingerprint density at radius 1 is 0.912 bits per heavy atom. The number of thiazole rings is 1. The zero-order valence-electron chi connectivity index (χ0n) is 20.2. The molecule has 1 aliphatic rings. The summed E-state index contributed by atoms with van der Waals surface area (Å²) in [6, 6.07) is 15.7. The smallest absolute Gasteiger partial charge is 0.243 e. The molecule has 3 aromatic rings. The van der Waals surface area contributed by atoms with Crippen molar-refractivity contribution in [2.75, 3.05) is 13.1 Å². The molecule has 0 atom stereocenters. The van der Waals surface area contributed by atoms with E-state index in [0.717, 1.165) is 66.8 Å². The van der Waals surface area contributed by atoms with Gasteiger partial charge in [-0.1, -0.05) is 62.4 Å². The lowest BCUT2D eigenvalue weighted by molar-refractivity contribution is 0.424. The molecule has 34 heavy (non-hydrogen) atoms. The molecule has 1 saturated heterocycles. The lowest BCUT2D eigenvalue weighted by Crippen LogP contribution is -2.31. The fraction of sp³-hybridized carbons (Fsp3) is 0.444. The van der Waals surface area contributed by atoms with Crippen molar-refractivity contribution in [3.05, 3.63) is 64.3 Å². The monoisotopic (exact) mass is 497 g/mol. The van der Waals surface area contributed by atoms with Gasteiger partial charge < -0.3 is 4.57 Å². The molecule has 0 amide bonds. The van der Waals surface area contributed by atoms with Gasteiger partial charge in [0.15, 0.2) is 4.80 Å². The topological polar surface area (TPSA) is 54.7 Å². The standard InChI is InChI=1S/C27H35N3O2S2/c1-3-4-7-20-30-26(21-33-27(30)28-24-14-10-22(2)11-15-24)23-12-16-25(17-13-23)34(31,32)29-18-8-5-6-9-19-29/h10-17,21H,3-9,18-20H2,1-2H3. The Balaban J connectivity index is 1.65. The molecule has 1 fully saturated rings. The van der Waals surface area contributed by atoms with Gasteiger partial charge in [0, 0.05) is 25.0 Å². The van der Waals surface area contributed by atoms with Gasteiger partial charge in [0.05, 0.1) is 16.3 Å².